The zero-order chi connectivity index (χ0) is 11.5. The Morgan fingerprint density at radius 1 is 1.56 bits per heavy atom. The van der Waals surface area contributed by atoms with E-state index in [9.17, 15) is 4.79 Å². The summed E-state index contributed by atoms with van der Waals surface area (Å²) in [6, 6.07) is 7.33. The van der Waals surface area contributed by atoms with Crippen LogP contribution in [0.2, 0.25) is 0 Å². The maximum Gasteiger partial charge on any atom is 0.252 e. The average Bonchev–Trinajstić information content (AvgIpc) is 2.59. The van der Waals surface area contributed by atoms with Gasteiger partial charge in [0.15, 0.2) is 5.11 Å². The largest absolute Gasteiger partial charge is 0.494 e. The first-order valence-corrected chi connectivity index (χ1v) is 5.47. The maximum atomic E-state index is 11.6. The van der Waals surface area contributed by atoms with Crippen molar-refractivity contribution < 1.29 is 9.53 Å². The van der Waals surface area contributed by atoms with Gasteiger partial charge in [-0.05, 0) is 31.3 Å². The molecule has 5 heteroatoms. The number of rotatable bonds is 3. The van der Waals surface area contributed by atoms with Gasteiger partial charge in [-0.3, -0.25) is 9.69 Å². The molecule has 0 spiro atoms. The van der Waals surface area contributed by atoms with Gasteiger partial charge in [-0.2, -0.15) is 0 Å². The molecule has 0 aliphatic carbocycles. The summed E-state index contributed by atoms with van der Waals surface area (Å²) >= 11 is 5.06. The fourth-order valence-corrected chi connectivity index (χ4v) is 1.84. The number of nitrogens with one attached hydrogen (secondary N) is 1. The highest BCUT2D eigenvalue weighted by molar-refractivity contribution is 7.80. The number of hydrogen-bond acceptors (Lipinski definition) is 3. The third-order valence-corrected chi connectivity index (χ3v) is 2.56. The summed E-state index contributed by atoms with van der Waals surface area (Å²) in [5.74, 6) is 0.696. The van der Waals surface area contributed by atoms with Gasteiger partial charge in [0, 0.05) is 6.07 Å². The van der Waals surface area contributed by atoms with Gasteiger partial charge < -0.3 is 10.1 Å². The smallest absolute Gasteiger partial charge is 0.252 e. The molecular weight excluding hydrogens is 224 g/mol. The molecule has 0 atom stereocenters. The van der Waals surface area contributed by atoms with E-state index in [4.69, 9.17) is 17.0 Å². The zero-order valence-corrected chi connectivity index (χ0v) is 9.71. The molecule has 1 aromatic rings. The molecule has 1 fully saturated rings. The van der Waals surface area contributed by atoms with Gasteiger partial charge in [0.1, 0.15) is 5.75 Å². The quantitative estimate of drug-likeness (QED) is 0.803. The number of ether oxygens (including phenoxy) is 1. The summed E-state index contributed by atoms with van der Waals surface area (Å²) in [5.41, 5.74) is 0.742. The van der Waals surface area contributed by atoms with Gasteiger partial charge >= 0.3 is 0 Å². The normalized spacial score (nSPS) is 15.2. The summed E-state index contributed by atoms with van der Waals surface area (Å²) in [4.78, 5) is 13.1. The lowest BCUT2D eigenvalue weighted by molar-refractivity contribution is -0.115. The number of anilines is 1. The second-order valence-corrected chi connectivity index (χ2v) is 3.70. The van der Waals surface area contributed by atoms with E-state index >= 15 is 0 Å². The Morgan fingerprint density at radius 2 is 2.38 bits per heavy atom. The van der Waals surface area contributed by atoms with Crippen molar-refractivity contribution >= 4 is 28.9 Å². The number of hydrogen-bond donors (Lipinski definition) is 1. The standard InChI is InChI=1S/C11H12N2O2S/c1-2-15-9-5-3-4-8(6-9)13-10(14)7-12-11(13)16/h3-6H,2,7H2,1H3,(H,12,16). The van der Waals surface area contributed by atoms with Crippen molar-refractivity contribution in [1.29, 1.82) is 0 Å². The molecule has 16 heavy (non-hydrogen) atoms. The van der Waals surface area contributed by atoms with Crippen LogP contribution in [0.4, 0.5) is 5.69 Å². The Morgan fingerprint density at radius 3 is 3.00 bits per heavy atom. The molecule has 1 aliphatic rings. The van der Waals surface area contributed by atoms with Gasteiger partial charge in [-0.1, -0.05) is 6.07 Å². The topological polar surface area (TPSA) is 41.6 Å². The van der Waals surface area contributed by atoms with Gasteiger partial charge in [0.05, 0.1) is 18.8 Å². The third kappa shape index (κ3) is 1.99. The highest BCUT2D eigenvalue weighted by atomic mass is 32.1. The summed E-state index contributed by atoms with van der Waals surface area (Å²) in [5, 5.41) is 3.28. The maximum absolute atomic E-state index is 11.6. The summed E-state index contributed by atoms with van der Waals surface area (Å²) < 4.78 is 5.37. The third-order valence-electron chi connectivity index (χ3n) is 2.23. The minimum absolute atomic E-state index is 0.0429. The van der Waals surface area contributed by atoms with Crippen LogP contribution >= 0.6 is 12.2 Å². The van der Waals surface area contributed by atoms with Crippen LogP contribution in [0.1, 0.15) is 6.92 Å². The second kappa shape index (κ2) is 4.49. The monoisotopic (exact) mass is 236 g/mol. The summed E-state index contributed by atoms with van der Waals surface area (Å²) in [6.07, 6.45) is 0. The van der Waals surface area contributed by atoms with Crippen LogP contribution in [-0.2, 0) is 4.79 Å². The van der Waals surface area contributed by atoms with Gasteiger partial charge in [0.2, 0.25) is 0 Å². The molecule has 0 saturated carbocycles. The van der Waals surface area contributed by atoms with Crippen molar-refractivity contribution in [3.8, 4) is 5.75 Å². The van der Waals surface area contributed by atoms with Crippen LogP contribution in [0.25, 0.3) is 0 Å². The first-order valence-electron chi connectivity index (χ1n) is 5.06. The molecule has 0 bridgehead atoms. The lowest BCUT2D eigenvalue weighted by Gasteiger charge is -2.15. The lowest BCUT2D eigenvalue weighted by atomic mass is 10.3. The van der Waals surface area contributed by atoms with Crippen molar-refractivity contribution in [1.82, 2.24) is 5.32 Å². The van der Waals surface area contributed by atoms with Crippen LogP contribution in [0.3, 0.4) is 0 Å². The Bertz CT molecular complexity index is 418. The molecule has 1 N–H and O–H groups in total. The molecule has 4 nitrogen and oxygen atoms in total. The van der Waals surface area contributed by atoms with E-state index in [0.29, 0.717) is 11.7 Å². The van der Waals surface area contributed by atoms with Gasteiger partial charge in [0.25, 0.3) is 5.91 Å². The molecule has 1 heterocycles. The fraction of sp³-hybridized carbons (Fsp3) is 0.273. The average molecular weight is 236 g/mol. The lowest BCUT2D eigenvalue weighted by Crippen LogP contribution is -2.30. The number of carbonyl (C=O) groups excluding carboxylic acids is 1. The zero-order valence-electron chi connectivity index (χ0n) is 8.90. The van der Waals surface area contributed by atoms with Crippen LogP contribution in [0, 0.1) is 0 Å². The second-order valence-electron chi connectivity index (χ2n) is 3.32. The fourth-order valence-electron chi connectivity index (χ4n) is 1.56. The summed E-state index contributed by atoms with van der Waals surface area (Å²) in [7, 11) is 0. The Kier molecular flexibility index (Phi) is 3.05. The van der Waals surface area contributed by atoms with Crippen LogP contribution in [0.5, 0.6) is 5.75 Å². The Labute approximate surface area is 99.2 Å². The molecule has 1 saturated heterocycles. The van der Waals surface area contributed by atoms with Crippen LogP contribution < -0.4 is 15.0 Å². The van der Waals surface area contributed by atoms with E-state index in [1.54, 1.807) is 6.07 Å². The number of amides is 1. The molecule has 1 aliphatic heterocycles. The Hall–Kier alpha value is -1.62. The molecule has 0 aromatic heterocycles. The van der Waals surface area contributed by atoms with E-state index in [2.05, 4.69) is 5.32 Å². The van der Waals surface area contributed by atoms with Crippen molar-refractivity contribution in [2.24, 2.45) is 0 Å². The number of benzene rings is 1. The molecule has 1 aromatic carbocycles. The number of nitrogens with zero attached hydrogens (tertiary/aromatic N) is 1. The number of thiocarbonyl (C=S) groups is 1. The predicted octanol–water partition coefficient (Wildman–Crippen LogP) is 1.31. The first-order chi connectivity index (χ1) is 7.72. The summed E-state index contributed by atoms with van der Waals surface area (Å²) in [6.45, 7) is 2.78. The van der Waals surface area contributed by atoms with Crippen molar-refractivity contribution in [2.75, 3.05) is 18.1 Å². The van der Waals surface area contributed by atoms with E-state index < -0.39 is 0 Å². The predicted molar refractivity (Wildman–Crippen MR) is 65.7 cm³/mol. The highest BCUT2D eigenvalue weighted by Crippen LogP contribution is 2.22. The minimum atomic E-state index is -0.0429. The van der Waals surface area contributed by atoms with Gasteiger partial charge in [-0.15, -0.1) is 0 Å². The van der Waals surface area contributed by atoms with E-state index in [1.165, 1.54) is 4.90 Å². The van der Waals surface area contributed by atoms with E-state index in [-0.39, 0.29) is 12.5 Å². The van der Waals surface area contributed by atoms with Crippen LogP contribution in [0.15, 0.2) is 24.3 Å². The number of carbonyl (C=O) groups is 1. The molecule has 2 rings (SSSR count). The van der Waals surface area contributed by atoms with Gasteiger partial charge in [-0.25, -0.2) is 0 Å². The first kappa shape index (κ1) is 10.9. The highest BCUT2D eigenvalue weighted by Gasteiger charge is 2.26. The van der Waals surface area contributed by atoms with Crippen molar-refractivity contribution in [3.63, 3.8) is 0 Å². The van der Waals surface area contributed by atoms with E-state index in [0.717, 1.165) is 11.4 Å². The molecule has 0 unspecified atom stereocenters. The van der Waals surface area contributed by atoms with Crippen molar-refractivity contribution in [2.45, 2.75) is 6.92 Å². The molecular formula is C11H12N2O2S. The Balaban J connectivity index is 2.29. The molecule has 84 valence electrons. The van der Waals surface area contributed by atoms with E-state index in [1.807, 2.05) is 25.1 Å². The minimum Gasteiger partial charge on any atom is -0.494 e. The molecule has 0 radical (unpaired) electrons. The SMILES string of the molecule is CCOc1cccc(N2C(=O)CNC2=S)c1. The van der Waals surface area contributed by atoms with Crippen molar-refractivity contribution in [3.05, 3.63) is 24.3 Å². The molecule has 1 amide bonds. The van der Waals surface area contributed by atoms with Crippen LogP contribution in [-0.4, -0.2) is 24.2 Å².